The fraction of sp³-hybridized carbons (Fsp3) is 0.273. The number of amides is 2. The standard InChI is InChI=1S/C22H20Cl6N4O4S2/c23-13-5-11(19(27)15(25)9-13)7-17(31-35)21(33)29-1-3-37-38-4-2-30-22(34)18(32-36)8-12-6-14(24)10-16(26)20(12)28/h5-6,9-10,35-36H,1-4,7-8H2,(H,29,33)(H,30,34). The number of hydrogen-bond acceptors (Lipinski definition) is 8. The average molecular weight is 681 g/mol. The Morgan fingerprint density at radius 2 is 1.05 bits per heavy atom. The van der Waals surface area contributed by atoms with Crippen molar-refractivity contribution in [1.82, 2.24) is 10.6 Å². The van der Waals surface area contributed by atoms with Crippen molar-refractivity contribution in [3.05, 3.63) is 65.5 Å². The van der Waals surface area contributed by atoms with Gasteiger partial charge in [0.15, 0.2) is 0 Å². The zero-order chi connectivity index (χ0) is 28.2. The molecule has 0 spiro atoms. The summed E-state index contributed by atoms with van der Waals surface area (Å²) >= 11 is 36.2. The highest BCUT2D eigenvalue weighted by Gasteiger charge is 2.18. The Morgan fingerprint density at radius 1 is 0.684 bits per heavy atom. The Kier molecular flexibility index (Phi) is 14.5. The monoisotopic (exact) mass is 678 g/mol. The molecule has 206 valence electrons. The number of carbonyl (C=O) groups excluding carboxylic acids is 2. The molecule has 0 aliphatic rings. The second-order valence-electron chi connectivity index (χ2n) is 7.32. The van der Waals surface area contributed by atoms with Crippen molar-refractivity contribution < 1.29 is 20.0 Å². The molecule has 0 radical (unpaired) electrons. The summed E-state index contributed by atoms with van der Waals surface area (Å²) in [5.41, 5.74) is 0.613. The highest BCUT2D eigenvalue weighted by Crippen LogP contribution is 2.31. The van der Waals surface area contributed by atoms with Gasteiger partial charge >= 0.3 is 0 Å². The Hall–Kier alpha value is -1.24. The molecule has 16 heteroatoms. The van der Waals surface area contributed by atoms with Crippen molar-refractivity contribution in [3.8, 4) is 0 Å². The molecule has 38 heavy (non-hydrogen) atoms. The smallest absolute Gasteiger partial charge is 0.269 e. The van der Waals surface area contributed by atoms with Gasteiger partial charge in [0.1, 0.15) is 11.4 Å². The molecule has 4 N–H and O–H groups in total. The molecule has 0 unspecified atom stereocenters. The van der Waals surface area contributed by atoms with E-state index in [1.54, 1.807) is 0 Å². The minimum absolute atomic E-state index is 0.0568. The maximum absolute atomic E-state index is 12.3. The van der Waals surface area contributed by atoms with E-state index in [4.69, 9.17) is 69.6 Å². The van der Waals surface area contributed by atoms with E-state index < -0.39 is 11.8 Å². The van der Waals surface area contributed by atoms with Crippen molar-refractivity contribution in [2.24, 2.45) is 10.3 Å². The maximum Gasteiger partial charge on any atom is 0.269 e. The van der Waals surface area contributed by atoms with E-state index in [9.17, 15) is 20.0 Å². The van der Waals surface area contributed by atoms with Gasteiger partial charge in [-0.2, -0.15) is 0 Å². The second kappa shape index (κ2) is 16.8. The van der Waals surface area contributed by atoms with E-state index in [1.807, 2.05) is 0 Å². The predicted molar refractivity (Wildman–Crippen MR) is 160 cm³/mol. The van der Waals surface area contributed by atoms with Crippen molar-refractivity contribution >= 4 is 114 Å². The third-order valence-electron chi connectivity index (χ3n) is 4.64. The zero-order valence-electron chi connectivity index (χ0n) is 19.2. The first-order valence-corrected chi connectivity index (χ1v) is 15.3. The Labute approximate surface area is 256 Å². The molecule has 0 bridgehead atoms. The van der Waals surface area contributed by atoms with Gasteiger partial charge in [0, 0.05) is 47.5 Å². The summed E-state index contributed by atoms with van der Waals surface area (Å²) in [7, 11) is 2.93. The first-order valence-electron chi connectivity index (χ1n) is 10.6. The predicted octanol–water partition coefficient (Wildman–Crippen LogP) is 6.67. The quantitative estimate of drug-likeness (QED) is 0.0468. The van der Waals surface area contributed by atoms with Crippen molar-refractivity contribution in [2.75, 3.05) is 24.6 Å². The third-order valence-corrected chi connectivity index (χ3v) is 9.17. The van der Waals surface area contributed by atoms with E-state index in [2.05, 4.69) is 20.9 Å². The molecule has 0 aliphatic heterocycles. The summed E-state index contributed by atoms with van der Waals surface area (Å²) in [5, 5.41) is 31.5. The van der Waals surface area contributed by atoms with Crippen molar-refractivity contribution in [2.45, 2.75) is 12.8 Å². The minimum atomic E-state index is -0.561. The number of rotatable bonds is 13. The Balaban J connectivity index is 1.68. The molecule has 0 aliphatic carbocycles. The van der Waals surface area contributed by atoms with Crippen molar-refractivity contribution in [3.63, 3.8) is 0 Å². The molecule has 0 fully saturated rings. The van der Waals surface area contributed by atoms with Gasteiger partial charge in [-0.05, 0) is 35.4 Å². The van der Waals surface area contributed by atoms with Gasteiger partial charge in [-0.3, -0.25) is 9.59 Å². The fourth-order valence-corrected chi connectivity index (χ4v) is 6.13. The van der Waals surface area contributed by atoms with Gasteiger partial charge in [0.2, 0.25) is 0 Å². The molecule has 0 aromatic heterocycles. The first-order chi connectivity index (χ1) is 18.1. The van der Waals surface area contributed by atoms with Crippen LogP contribution in [-0.2, 0) is 22.4 Å². The van der Waals surface area contributed by atoms with Crippen LogP contribution in [-0.4, -0.2) is 58.2 Å². The SMILES string of the molecule is O=C(NCCSSCCNC(=O)C(Cc1cc(Cl)cc(Cl)c1Cl)=NO)C(Cc1cc(Cl)cc(Cl)c1Cl)=NO. The lowest BCUT2D eigenvalue weighted by atomic mass is 10.1. The topological polar surface area (TPSA) is 123 Å². The number of nitrogens with zero attached hydrogens (tertiary/aromatic N) is 2. The van der Waals surface area contributed by atoms with Crippen LogP contribution in [0.2, 0.25) is 30.1 Å². The van der Waals surface area contributed by atoms with Gasteiger partial charge in [-0.1, -0.05) is 102 Å². The van der Waals surface area contributed by atoms with E-state index in [0.717, 1.165) is 0 Å². The molecule has 0 heterocycles. The summed E-state index contributed by atoms with van der Waals surface area (Å²) in [6.07, 6.45) is -0.114. The number of nitrogens with one attached hydrogen (secondary N) is 2. The van der Waals surface area contributed by atoms with Gasteiger partial charge < -0.3 is 21.0 Å². The summed E-state index contributed by atoms with van der Waals surface area (Å²) in [5.74, 6) is -0.0298. The highest BCUT2D eigenvalue weighted by atomic mass is 35.5. The van der Waals surface area contributed by atoms with Crippen LogP contribution in [0, 0.1) is 0 Å². The molecular weight excluding hydrogens is 661 g/mol. The van der Waals surface area contributed by atoms with Crippen LogP contribution in [0.25, 0.3) is 0 Å². The number of benzene rings is 2. The summed E-state index contributed by atoms with van der Waals surface area (Å²) < 4.78 is 0. The Morgan fingerprint density at radius 3 is 1.39 bits per heavy atom. The second-order valence-corrected chi connectivity index (χ2v) is 12.5. The van der Waals surface area contributed by atoms with Crippen LogP contribution in [0.5, 0.6) is 0 Å². The number of oxime groups is 2. The molecule has 0 saturated carbocycles. The van der Waals surface area contributed by atoms with E-state index in [0.29, 0.717) is 45.8 Å². The van der Waals surface area contributed by atoms with E-state index >= 15 is 0 Å². The normalized spacial score (nSPS) is 11.9. The number of halogens is 6. The lowest BCUT2D eigenvalue weighted by molar-refractivity contribution is -0.115. The van der Waals surface area contributed by atoms with Gasteiger partial charge in [0.05, 0.1) is 20.1 Å². The van der Waals surface area contributed by atoms with E-state index in [-0.39, 0.29) is 44.4 Å². The first kappa shape index (κ1) is 33.0. The minimum Gasteiger partial charge on any atom is -0.410 e. The molecule has 0 saturated heterocycles. The number of carbonyl (C=O) groups is 2. The average Bonchev–Trinajstić information content (AvgIpc) is 2.87. The maximum atomic E-state index is 12.3. The lowest BCUT2D eigenvalue weighted by Gasteiger charge is -2.10. The van der Waals surface area contributed by atoms with Gasteiger partial charge in [-0.15, -0.1) is 0 Å². The summed E-state index contributed by atoms with van der Waals surface area (Å²) in [6.45, 7) is 0.604. The van der Waals surface area contributed by atoms with Crippen LogP contribution in [0.1, 0.15) is 11.1 Å². The molecule has 2 aromatic carbocycles. The van der Waals surface area contributed by atoms with Crippen LogP contribution >= 0.6 is 91.2 Å². The van der Waals surface area contributed by atoms with Crippen LogP contribution in [0.3, 0.4) is 0 Å². The molecule has 2 aromatic rings. The van der Waals surface area contributed by atoms with Gasteiger partial charge in [-0.25, -0.2) is 0 Å². The largest absolute Gasteiger partial charge is 0.410 e. The van der Waals surface area contributed by atoms with Crippen LogP contribution < -0.4 is 10.6 Å². The van der Waals surface area contributed by atoms with E-state index in [1.165, 1.54) is 45.9 Å². The summed E-state index contributed by atoms with van der Waals surface area (Å²) in [6, 6.07) is 6.02. The fourth-order valence-electron chi connectivity index (χ4n) is 2.89. The number of hydrogen-bond donors (Lipinski definition) is 4. The molecule has 8 nitrogen and oxygen atoms in total. The molecule has 0 atom stereocenters. The molecular formula is C22H20Cl6N4O4S2. The third kappa shape index (κ3) is 10.4. The zero-order valence-corrected chi connectivity index (χ0v) is 25.4. The lowest BCUT2D eigenvalue weighted by Crippen LogP contribution is -2.34. The van der Waals surface area contributed by atoms with Crippen LogP contribution in [0.15, 0.2) is 34.6 Å². The molecule has 2 amide bonds. The van der Waals surface area contributed by atoms with Gasteiger partial charge in [0.25, 0.3) is 11.8 Å². The van der Waals surface area contributed by atoms with Crippen LogP contribution in [0.4, 0.5) is 0 Å². The Bertz CT molecular complexity index is 1140. The summed E-state index contributed by atoms with van der Waals surface area (Å²) in [4.78, 5) is 24.6. The van der Waals surface area contributed by atoms with Crippen molar-refractivity contribution in [1.29, 1.82) is 0 Å². The molecule has 2 rings (SSSR count). The highest BCUT2D eigenvalue weighted by molar-refractivity contribution is 8.76.